The van der Waals surface area contributed by atoms with Crippen LogP contribution in [0.3, 0.4) is 0 Å². The van der Waals surface area contributed by atoms with Gasteiger partial charge in [0.25, 0.3) is 0 Å². The molecule has 1 heterocycles. The van der Waals surface area contributed by atoms with Gasteiger partial charge < -0.3 is 10.3 Å². The Balaban J connectivity index is 2.51. The number of hydrogen-bond donors (Lipinski definition) is 1. The van der Waals surface area contributed by atoms with Gasteiger partial charge in [0.05, 0.1) is 0 Å². The molecule has 2 aromatic rings. The van der Waals surface area contributed by atoms with Crippen LogP contribution in [0.4, 0.5) is 5.82 Å². The summed E-state index contributed by atoms with van der Waals surface area (Å²) in [6, 6.07) is 6.24. The van der Waals surface area contributed by atoms with Crippen molar-refractivity contribution in [1.82, 2.24) is 9.55 Å². The average Bonchev–Trinajstić information content (AvgIpc) is 2.57. The minimum absolute atomic E-state index is 0.546. The molecule has 19 heavy (non-hydrogen) atoms. The van der Waals surface area contributed by atoms with E-state index in [1.54, 1.807) is 0 Å². The van der Waals surface area contributed by atoms with E-state index >= 15 is 0 Å². The quantitative estimate of drug-likeness (QED) is 0.922. The van der Waals surface area contributed by atoms with Gasteiger partial charge in [-0.2, -0.15) is 0 Å². The van der Waals surface area contributed by atoms with Gasteiger partial charge in [-0.15, -0.1) is 0 Å². The molecule has 0 aliphatic carbocycles. The second-order valence-electron chi connectivity index (χ2n) is 5.38. The van der Waals surface area contributed by atoms with E-state index in [9.17, 15) is 0 Å². The Bertz CT molecular complexity index is 600. The Hall–Kier alpha value is -1.29. The zero-order chi connectivity index (χ0) is 14.2. The van der Waals surface area contributed by atoms with Crippen molar-refractivity contribution in [2.24, 2.45) is 5.92 Å². The molecule has 0 bridgehead atoms. The molecule has 1 aromatic carbocycles. The molecule has 0 fully saturated rings. The Morgan fingerprint density at radius 1 is 1.32 bits per heavy atom. The van der Waals surface area contributed by atoms with Gasteiger partial charge in [-0.3, -0.25) is 0 Å². The molecule has 0 aliphatic rings. The predicted octanol–water partition coefficient (Wildman–Crippen LogP) is 4.17. The lowest BCUT2D eigenvalue weighted by molar-refractivity contribution is 0.518. The molecule has 2 rings (SSSR count). The lowest BCUT2D eigenvalue weighted by Gasteiger charge is -2.10. The van der Waals surface area contributed by atoms with Crippen molar-refractivity contribution in [3.63, 3.8) is 0 Å². The van der Waals surface area contributed by atoms with Crippen molar-refractivity contribution in [3.8, 4) is 11.3 Å². The third-order valence-corrected chi connectivity index (χ3v) is 3.78. The first-order valence-electron chi connectivity index (χ1n) is 6.49. The van der Waals surface area contributed by atoms with Crippen molar-refractivity contribution in [2.75, 3.05) is 5.73 Å². The van der Waals surface area contributed by atoms with E-state index < -0.39 is 0 Å². The van der Waals surface area contributed by atoms with Crippen LogP contribution in [-0.2, 0) is 6.54 Å². The molecule has 0 amide bonds. The van der Waals surface area contributed by atoms with Crippen molar-refractivity contribution < 1.29 is 0 Å². The summed E-state index contributed by atoms with van der Waals surface area (Å²) in [5.74, 6) is 2.26. The summed E-state index contributed by atoms with van der Waals surface area (Å²) < 4.78 is 3.13. The van der Waals surface area contributed by atoms with E-state index in [0.29, 0.717) is 5.92 Å². The van der Waals surface area contributed by atoms with Crippen molar-refractivity contribution >= 4 is 21.7 Å². The van der Waals surface area contributed by atoms with Crippen molar-refractivity contribution in [1.29, 1.82) is 0 Å². The molecule has 1 aromatic heterocycles. The van der Waals surface area contributed by atoms with Gasteiger partial charge >= 0.3 is 0 Å². The van der Waals surface area contributed by atoms with Crippen LogP contribution in [-0.4, -0.2) is 9.55 Å². The average molecular weight is 322 g/mol. The molecule has 0 saturated heterocycles. The fourth-order valence-corrected chi connectivity index (χ4v) is 2.87. The number of rotatable bonds is 3. The van der Waals surface area contributed by atoms with Crippen molar-refractivity contribution in [3.05, 3.63) is 34.1 Å². The number of nitrogen functional groups attached to an aromatic ring is 1. The largest absolute Gasteiger partial charge is 0.383 e. The lowest BCUT2D eigenvalue weighted by atomic mass is 10.1. The summed E-state index contributed by atoms with van der Waals surface area (Å²) >= 11 is 3.60. The second-order valence-corrected chi connectivity index (χ2v) is 6.23. The topological polar surface area (TPSA) is 43.8 Å². The zero-order valence-electron chi connectivity index (χ0n) is 11.9. The van der Waals surface area contributed by atoms with Crippen LogP contribution < -0.4 is 5.73 Å². The van der Waals surface area contributed by atoms with Gasteiger partial charge in [-0.25, -0.2) is 4.98 Å². The first-order valence-corrected chi connectivity index (χ1v) is 7.28. The van der Waals surface area contributed by atoms with Crippen LogP contribution in [0.25, 0.3) is 11.3 Å². The minimum Gasteiger partial charge on any atom is -0.383 e. The van der Waals surface area contributed by atoms with E-state index in [-0.39, 0.29) is 0 Å². The molecular weight excluding hydrogens is 302 g/mol. The molecule has 0 saturated carbocycles. The summed E-state index contributed by atoms with van der Waals surface area (Å²) in [5, 5.41) is 0. The van der Waals surface area contributed by atoms with Gasteiger partial charge in [0, 0.05) is 16.6 Å². The second kappa shape index (κ2) is 5.37. The third kappa shape index (κ3) is 2.84. The number of aryl methyl sites for hydroxylation is 2. The first-order chi connectivity index (χ1) is 8.90. The fraction of sp³-hybridized carbons (Fsp3) is 0.400. The van der Waals surface area contributed by atoms with Crippen LogP contribution in [0.5, 0.6) is 0 Å². The molecule has 4 heteroatoms. The fourth-order valence-electron chi connectivity index (χ4n) is 2.19. The molecular formula is C15H20BrN3. The first kappa shape index (κ1) is 14.1. The number of anilines is 1. The van der Waals surface area contributed by atoms with E-state index in [2.05, 4.69) is 64.5 Å². The predicted molar refractivity (Wildman–Crippen MR) is 84.1 cm³/mol. The van der Waals surface area contributed by atoms with Gasteiger partial charge in [-0.1, -0.05) is 41.9 Å². The van der Waals surface area contributed by atoms with E-state index in [0.717, 1.165) is 33.9 Å². The monoisotopic (exact) mass is 321 g/mol. The smallest absolute Gasteiger partial charge is 0.131 e. The summed E-state index contributed by atoms with van der Waals surface area (Å²) in [6.07, 6.45) is 0. The maximum atomic E-state index is 6.27. The van der Waals surface area contributed by atoms with Crippen molar-refractivity contribution in [2.45, 2.75) is 34.2 Å². The third-order valence-electron chi connectivity index (χ3n) is 3.13. The molecule has 0 aliphatic heterocycles. The standard InChI is InChI=1S/C15H20BrN3/c1-9(2)8-19-11(4)18-14(15(19)17)12-6-5-10(3)7-13(12)16/h5-7,9H,8,17H2,1-4H3. The van der Waals surface area contributed by atoms with Crippen LogP contribution in [0.2, 0.25) is 0 Å². The number of nitrogens with zero attached hydrogens (tertiary/aromatic N) is 2. The SMILES string of the molecule is Cc1ccc(-c2nc(C)n(CC(C)C)c2N)c(Br)c1. The Morgan fingerprint density at radius 2 is 2.00 bits per heavy atom. The highest BCUT2D eigenvalue weighted by molar-refractivity contribution is 9.10. The number of nitrogens with two attached hydrogens (primary N) is 1. The molecule has 0 atom stereocenters. The summed E-state index contributed by atoms with van der Waals surface area (Å²) in [7, 11) is 0. The normalized spacial score (nSPS) is 11.3. The highest BCUT2D eigenvalue weighted by Gasteiger charge is 2.16. The van der Waals surface area contributed by atoms with Crippen LogP contribution in [0, 0.1) is 19.8 Å². The van der Waals surface area contributed by atoms with Crippen LogP contribution in [0.1, 0.15) is 25.2 Å². The molecule has 102 valence electrons. The van der Waals surface area contributed by atoms with Gasteiger partial charge in [-0.05, 0) is 31.4 Å². The number of hydrogen-bond acceptors (Lipinski definition) is 2. The number of benzene rings is 1. The van der Waals surface area contributed by atoms with E-state index in [1.165, 1.54) is 5.56 Å². The number of halogens is 1. The maximum Gasteiger partial charge on any atom is 0.131 e. The summed E-state index contributed by atoms with van der Waals surface area (Å²) in [6.45, 7) is 9.33. The summed E-state index contributed by atoms with van der Waals surface area (Å²) in [4.78, 5) is 4.63. The Labute approximate surface area is 123 Å². The maximum absolute atomic E-state index is 6.27. The molecule has 0 unspecified atom stereocenters. The zero-order valence-corrected chi connectivity index (χ0v) is 13.5. The Morgan fingerprint density at radius 3 is 2.58 bits per heavy atom. The Kier molecular flexibility index (Phi) is 3.99. The van der Waals surface area contributed by atoms with Gasteiger partial charge in [0.1, 0.15) is 17.3 Å². The van der Waals surface area contributed by atoms with Gasteiger partial charge in [0.15, 0.2) is 0 Å². The summed E-state index contributed by atoms with van der Waals surface area (Å²) in [5.41, 5.74) is 9.40. The highest BCUT2D eigenvalue weighted by atomic mass is 79.9. The molecule has 3 nitrogen and oxygen atoms in total. The molecule has 2 N–H and O–H groups in total. The van der Waals surface area contributed by atoms with E-state index in [4.69, 9.17) is 5.73 Å². The number of aromatic nitrogens is 2. The van der Waals surface area contributed by atoms with Crippen LogP contribution in [0.15, 0.2) is 22.7 Å². The highest BCUT2D eigenvalue weighted by Crippen LogP contribution is 2.33. The molecule has 0 radical (unpaired) electrons. The minimum atomic E-state index is 0.546. The lowest BCUT2D eigenvalue weighted by Crippen LogP contribution is -2.09. The van der Waals surface area contributed by atoms with Crippen LogP contribution >= 0.6 is 15.9 Å². The van der Waals surface area contributed by atoms with Gasteiger partial charge in [0.2, 0.25) is 0 Å². The number of imidazole rings is 1. The van der Waals surface area contributed by atoms with E-state index in [1.807, 2.05) is 6.92 Å². The molecule has 0 spiro atoms.